The second kappa shape index (κ2) is 7.00. The number of rotatable bonds is 5. The van der Waals surface area contributed by atoms with Gasteiger partial charge in [-0.05, 0) is 29.7 Å². The summed E-state index contributed by atoms with van der Waals surface area (Å²) in [5.41, 5.74) is 3.00. The van der Waals surface area contributed by atoms with E-state index in [0.717, 1.165) is 22.0 Å². The topological polar surface area (TPSA) is 78.1 Å². The molecule has 1 aliphatic heterocycles. The minimum Gasteiger partial charge on any atom is -0.361 e. The lowest BCUT2D eigenvalue weighted by Gasteiger charge is -2.24. The molecule has 3 heterocycles. The van der Waals surface area contributed by atoms with Crippen molar-refractivity contribution in [3.8, 4) is 0 Å². The molecule has 26 heavy (non-hydrogen) atoms. The maximum Gasteiger partial charge on any atom is 0.243 e. The summed E-state index contributed by atoms with van der Waals surface area (Å²) in [5.74, 6) is -0.0867. The van der Waals surface area contributed by atoms with Gasteiger partial charge in [-0.2, -0.15) is 0 Å². The van der Waals surface area contributed by atoms with Crippen LogP contribution in [0.2, 0.25) is 0 Å². The molecular formula is C20H20N4O2. The molecule has 6 nitrogen and oxygen atoms in total. The highest BCUT2D eigenvalue weighted by molar-refractivity contribution is 5.91. The molecule has 3 aromatic rings. The van der Waals surface area contributed by atoms with E-state index in [9.17, 15) is 9.59 Å². The van der Waals surface area contributed by atoms with Gasteiger partial charge in [0.15, 0.2) is 0 Å². The van der Waals surface area contributed by atoms with Gasteiger partial charge in [0.1, 0.15) is 6.04 Å². The van der Waals surface area contributed by atoms with Crippen LogP contribution in [-0.4, -0.2) is 32.7 Å². The number of likely N-dealkylation sites (tertiary alicyclic amines) is 1. The van der Waals surface area contributed by atoms with E-state index < -0.39 is 6.04 Å². The number of benzene rings is 1. The lowest BCUT2D eigenvalue weighted by molar-refractivity contribution is -0.135. The number of para-hydroxylation sites is 1. The molecule has 132 valence electrons. The minimum absolute atomic E-state index is 0.0248. The predicted molar refractivity (Wildman–Crippen MR) is 98.0 cm³/mol. The summed E-state index contributed by atoms with van der Waals surface area (Å²) in [6, 6.07) is 11.3. The van der Waals surface area contributed by atoms with Crippen LogP contribution in [-0.2, 0) is 22.7 Å². The average molecular weight is 348 g/mol. The monoisotopic (exact) mass is 348 g/mol. The van der Waals surface area contributed by atoms with Gasteiger partial charge in [0.25, 0.3) is 0 Å². The first kappa shape index (κ1) is 16.3. The van der Waals surface area contributed by atoms with Crippen molar-refractivity contribution in [2.75, 3.05) is 0 Å². The molecule has 1 fully saturated rings. The molecule has 1 saturated heterocycles. The van der Waals surface area contributed by atoms with Crippen LogP contribution in [0.1, 0.15) is 24.0 Å². The molecule has 4 rings (SSSR count). The Morgan fingerprint density at radius 1 is 1.27 bits per heavy atom. The van der Waals surface area contributed by atoms with Crippen molar-refractivity contribution in [2.45, 2.75) is 32.0 Å². The van der Waals surface area contributed by atoms with Crippen LogP contribution in [0, 0.1) is 0 Å². The summed E-state index contributed by atoms with van der Waals surface area (Å²) in [6.07, 6.45) is 6.31. The van der Waals surface area contributed by atoms with Crippen molar-refractivity contribution < 1.29 is 9.59 Å². The number of fused-ring (bicyclic) bond motifs is 1. The van der Waals surface area contributed by atoms with E-state index in [1.807, 2.05) is 42.6 Å². The molecule has 1 aliphatic rings. The van der Waals surface area contributed by atoms with Gasteiger partial charge < -0.3 is 15.2 Å². The Bertz CT molecular complexity index is 935. The van der Waals surface area contributed by atoms with Gasteiger partial charge in [-0.3, -0.25) is 14.6 Å². The molecule has 6 heteroatoms. The van der Waals surface area contributed by atoms with Crippen LogP contribution in [0.25, 0.3) is 10.9 Å². The van der Waals surface area contributed by atoms with Gasteiger partial charge in [0, 0.05) is 49.0 Å². The Labute approximate surface area is 151 Å². The first-order valence-corrected chi connectivity index (χ1v) is 8.73. The van der Waals surface area contributed by atoms with Crippen molar-refractivity contribution in [1.82, 2.24) is 20.2 Å². The standard InChI is InChI=1S/C20H20N4O2/c25-19-8-7-18(20(26)23-11-14-4-3-9-21-10-14)24(19)13-15-12-22-17-6-2-1-5-16(15)17/h1-6,9-10,12,18,22H,7-8,11,13H2,(H,23,26). The summed E-state index contributed by atoms with van der Waals surface area (Å²) in [5, 5.41) is 4.01. The molecule has 2 amide bonds. The van der Waals surface area contributed by atoms with Gasteiger partial charge in [0.05, 0.1) is 0 Å². The Morgan fingerprint density at radius 2 is 2.15 bits per heavy atom. The number of carbonyl (C=O) groups excluding carboxylic acids is 2. The highest BCUT2D eigenvalue weighted by atomic mass is 16.2. The number of hydrogen-bond donors (Lipinski definition) is 2. The number of nitrogens with zero attached hydrogens (tertiary/aromatic N) is 2. The van der Waals surface area contributed by atoms with Crippen LogP contribution in [0.15, 0.2) is 55.0 Å². The van der Waals surface area contributed by atoms with E-state index in [2.05, 4.69) is 15.3 Å². The molecule has 0 saturated carbocycles. The highest BCUT2D eigenvalue weighted by Gasteiger charge is 2.36. The molecule has 0 aliphatic carbocycles. The zero-order valence-electron chi connectivity index (χ0n) is 14.3. The Morgan fingerprint density at radius 3 is 3.00 bits per heavy atom. The van der Waals surface area contributed by atoms with Crippen LogP contribution < -0.4 is 5.32 Å². The predicted octanol–water partition coefficient (Wildman–Crippen LogP) is 2.37. The van der Waals surface area contributed by atoms with E-state index in [-0.39, 0.29) is 11.8 Å². The van der Waals surface area contributed by atoms with E-state index in [1.54, 1.807) is 17.3 Å². The molecule has 0 bridgehead atoms. The lowest BCUT2D eigenvalue weighted by Crippen LogP contribution is -2.44. The highest BCUT2D eigenvalue weighted by Crippen LogP contribution is 2.25. The Balaban J connectivity index is 1.47. The number of carbonyl (C=O) groups is 2. The third-order valence-electron chi connectivity index (χ3n) is 4.84. The van der Waals surface area contributed by atoms with E-state index >= 15 is 0 Å². The molecule has 0 spiro atoms. The van der Waals surface area contributed by atoms with Crippen LogP contribution in [0.3, 0.4) is 0 Å². The molecular weight excluding hydrogens is 328 g/mol. The van der Waals surface area contributed by atoms with Crippen molar-refractivity contribution in [1.29, 1.82) is 0 Å². The fourth-order valence-electron chi connectivity index (χ4n) is 3.46. The SMILES string of the molecule is O=C(NCc1cccnc1)C1CCC(=O)N1Cc1c[nH]c2ccccc12. The average Bonchev–Trinajstić information content (AvgIpc) is 3.25. The maximum atomic E-state index is 12.6. The number of amides is 2. The van der Waals surface area contributed by atoms with Crippen molar-refractivity contribution in [3.63, 3.8) is 0 Å². The summed E-state index contributed by atoms with van der Waals surface area (Å²) < 4.78 is 0. The lowest BCUT2D eigenvalue weighted by atomic mass is 10.1. The molecule has 1 aromatic carbocycles. The summed E-state index contributed by atoms with van der Waals surface area (Å²) >= 11 is 0. The van der Waals surface area contributed by atoms with Crippen molar-refractivity contribution >= 4 is 22.7 Å². The molecule has 0 radical (unpaired) electrons. The minimum atomic E-state index is -0.423. The molecule has 1 unspecified atom stereocenters. The summed E-state index contributed by atoms with van der Waals surface area (Å²) in [7, 11) is 0. The zero-order chi connectivity index (χ0) is 17.9. The van der Waals surface area contributed by atoms with Crippen LogP contribution in [0.4, 0.5) is 0 Å². The van der Waals surface area contributed by atoms with Crippen LogP contribution >= 0.6 is 0 Å². The number of H-pyrrole nitrogens is 1. The maximum absolute atomic E-state index is 12.6. The smallest absolute Gasteiger partial charge is 0.243 e. The van der Waals surface area contributed by atoms with Crippen molar-refractivity contribution in [2.24, 2.45) is 0 Å². The zero-order valence-corrected chi connectivity index (χ0v) is 14.3. The molecule has 2 aromatic heterocycles. The van der Waals surface area contributed by atoms with Gasteiger partial charge in [-0.25, -0.2) is 0 Å². The quantitative estimate of drug-likeness (QED) is 0.743. The number of nitrogens with one attached hydrogen (secondary N) is 2. The van der Waals surface area contributed by atoms with Gasteiger partial charge >= 0.3 is 0 Å². The Kier molecular flexibility index (Phi) is 4.39. The number of pyridine rings is 1. The first-order chi connectivity index (χ1) is 12.7. The fourth-order valence-corrected chi connectivity index (χ4v) is 3.46. The second-order valence-electron chi connectivity index (χ2n) is 6.51. The first-order valence-electron chi connectivity index (χ1n) is 8.73. The summed E-state index contributed by atoms with van der Waals surface area (Å²) in [4.78, 5) is 33.9. The van der Waals surface area contributed by atoms with Crippen molar-refractivity contribution in [3.05, 3.63) is 66.1 Å². The number of aromatic nitrogens is 2. The number of aromatic amines is 1. The summed E-state index contributed by atoms with van der Waals surface area (Å²) in [6.45, 7) is 0.853. The van der Waals surface area contributed by atoms with Crippen LogP contribution in [0.5, 0.6) is 0 Å². The van der Waals surface area contributed by atoms with E-state index in [4.69, 9.17) is 0 Å². The molecule has 1 atom stereocenters. The largest absolute Gasteiger partial charge is 0.361 e. The Hall–Kier alpha value is -3.15. The van der Waals surface area contributed by atoms with Gasteiger partial charge in [-0.1, -0.05) is 24.3 Å². The third-order valence-corrected chi connectivity index (χ3v) is 4.84. The molecule has 2 N–H and O–H groups in total. The van der Waals surface area contributed by atoms with E-state index in [1.165, 1.54) is 0 Å². The van der Waals surface area contributed by atoms with Gasteiger partial charge in [-0.15, -0.1) is 0 Å². The normalized spacial score (nSPS) is 17.0. The second-order valence-corrected chi connectivity index (χ2v) is 6.51. The van der Waals surface area contributed by atoms with Gasteiger partial charge in [0.2, 0.25) is 11.8 Å². The fraction of sp³-hybridized carbons (Fsp3) is 0.250. The third kappa shape index (κ3) is 3.18. The number of hydrogen-bond acceptors (Lipinski definition) is 3. The van der Waals surface area contributed by atoms with E-state index in [0.29, 0.717) is 25.9 Å².